The van der Waals surface area contributed by atoms with Gasteiger partial charge < -0.3 is 0 Å². The molecule has 0 aliphatic carbocycles. The van der Waals surface area contributed by atoms with Crippen LogP contribution in [0, 0.1) is 13.8 Å². The topological polar surface area (TPSA) is 0 Å². The molecule has 0 aliphatic heterocycles. The van der Waals surface area contributed by atoms with Gasteiger partial charge in [-0.15, -0.1) is 11.6 Å². The van der Waals surface area contributed by atoms with Gasteiger partial charge in [0.2, 0.25) is 0 Å². The highest BCUT2D eigenvalue weighted by molar-refractivity contribution is 6.22. The molecule has 0 saturated carbocycles. The monoisotopic (exact) mass is 286 g/mol. The minimum atomic E-state index is -0.0916. The van der Waals surface area contributed by atoms with Gasteiger partial charge in [0.25, 0.3) is 0 Å². The quantitative estimate of drug-likeness (QED) is 0.600. The molecule has 0 bridgehead atoms. The van der Waals surface area contributed by atoms with Crippen molar-refractivity contribution in [1.82, 2.24) is 0 Å². The second-order valence-corrected chi connectivity index (χ2v) is 7.00. The lowest BCUT2D eigenvalue weighted by Gasteiger charge is -2.26. The largest absolute Gasteiger partial charge is 0.113 e. The summed E-state index contributed by atoms with van der Waals surface area (Å²) in [6, 6.07) is 15.0. The summed E-state index contributed by atoms with van der Waals surface area (Å²) in [5, 5.41) is -0.0916. The summed E-state index contributed by atoms with van der Waals surface area (Å²) in [5.41, 5.74) is 6.37. The van der Waals surface area contributed by atoms with Crippen molar-refractivity contribution in [1.29, 1.82) is 0 Å². The van der Waals surface area contributed by atoms with Gasteiger partial charge in [-0.05, 0) is 41.5 Å². The molecule has 2 rings (SSSR count). The van der Waals surface area contributed by atoms with Crippen LogP contribution < -0.4 is 0 Å². The summed E-state index contributed by atoms with van der Waals surface area (Å²) in [6.07, 6.45) is 0. The van der Waals surface area contributed by atoms with Crippen LogP contribution >= 0.6 is 11.6 Å². The van der Waals surface area contributed by atoms with Crippen LogP contribution in [0.25, 0.3) is 0 Å². The van der Waals surface area contributed by atoms with E-state index in [0.717, 1.165) is 0 Å². The Labute approximate surface area is 127 Å². The third-order valence-electron chi connectivity index (χ3n) is 3.74. The fourth-order valence-corrected chi connectivity index (χ4v) is 3.11. The molecule has 1 heteroatoms. The van der Waals surface area contributed by atoms with Crippen molar-refractivity contribution in [2.45, 2.75) is 45.4 Å². The van der Waals surface area contributed by atoms with Crippen LogP contribution in [0.15, 0.2) is 42.5 Å². The van der Waals surface area contributed by atoms with Crippen LogP contribution in [0.3, 0.4) is 0 Å². The smallest absolute Gasteiger partial charge is 0.0840 e. The number of halogens is 1. The number of benzene rings is 2. The second kappa shape index (κ2) is 5.61. The van der Waals surface area contributed by atoms with Crippen molar-refractivity contribution < 1.29 is 0 Å². The minimum absolute atomic E-state index is 0.0916. The van der Waals surface area contributed by atoms with Gasteiger partial charge >= 0.3 is 0 Å². The maximum Gasteiger partial charge on any atom is 0.0840 e. The Morgan fingerprint density at radius 1 is 0.900 bits per heavy atom. The maximum atomic E-state index is 6.80. The zero-order chi connectivity index (χ0) is 14.9. The van der Waals surface area contributed by atoms with E-state index in [1.807, 2.05) is 0 Å². The van der Waals surface area contributed by atoms with Gasteiger partial charge in [-0.1, -0.05) is 68.8 Å². The van der Waals surface area contributed by atoms with E-state index in [1.54, 1.807) is 0 Å². The summed E-state index contributed by atoms with van der Waals surface area (Å²) >= 11 is 6.80. The van der Waals surface area contributed by atoms with Gasteiger partial charge in [-0.25, -0.2) is 0 Å². The first-order valence-corrected chi connectivity index (χ1v) is 7.55. The molecule has 1 atom stereocenters. The third-order valence-corrected chi connectivity index (χ3v) is 4.21. The molecule has 1 unspecified atom stereocenters. The minimum Gasteiger partial charge on any atom is -0.113 e. The fourth-order valence-electron chi connectivity index (χ4n) is 2.68. The summed E-state index contributed by atoms with van der Waals surface area (Å²) in [6.45, 7) is 11.0. The normalized spacial score (nSPS) is 13.3. The van der Waals surface area contributed by atoms with Crippen molar-refractivity contribution >= 4 is 11.6 Å². The zero-order valence-electron chi connectivity index (χ0n) is 13.0. The van der Waals surface area contributed by atoms with E-state index in [2.05, 4.69) is 77.1 Å². The Bertz CT molecular complexity index is 605. The molecule has 0 radical (unpaired) electrons. The lowest BCUT2D eigenvalue weighted by molar-refractivity contribution is 0.583. The van der Waals surface area contributed by atoms with Crippen LogP contribution in [0.4, 0.5) is 0 Å². The molecule has 0 aliphatic rings. The van der Waals surface area contributed by atoms with E-state index in [-0.39, 0.29) is 10.8 Å². The molecule has 0 aromatic heterocycles. The highest BCUT2D eigenvalue weighted by Crippen LogP contribution is 2.37. The predicted molar refractivity (Wildman–Crippen MR) is 88.8 cm³/mol. The molecule has 106 valence electrons. The summed E-state index contributed by atoms with van der Waals surface area (Å²) < 4.78 is 0. The van der Waals surface area contributed by atoms with Gasteiger partial charge in [-0.3, -0.25) is 0 Å². The Balaban J connectivity index is 2.51. The second-order valence-electron chi connectivity index (χ2n) is 6.56. The standard InChI is InChI=1S/C19H23Cl/c1-13-10-11-15(14(2)12-13)18(20)16-8-6-7-9-17(16)19(3,4)5/h6-12,18H,1-5H3. The van der Waals surface area contributed by atoms with Crippen LogP contribution in [0.5, 0.6) is 0 Å². The van der Waals surface area contributed by atoms with Crippen molar-refractivity contribution in [3.63, 3.8) is 0 Å². The molecule has 0 saturated heterocycles. The van der Waals surface area contributed by atoms with Crippen LogP contribution in [-0.2, 0) is 5.41 Å². The van der Waals surface area contributed by atoms with E-state index < -0.39 is 0 Å². The first-order valence-electron chi connectivity index (χ1n) is 7.11. The lowest BCUT2D eigenvalue weighted by Crippen LogP contribution is -2.15. The number of hydrogen-bond acceptors (Lipinski definition) is 0. The third kappa shape index (κ3) is 3.07. The molecule has 2 aromatic carbocycles. The average Bonchev–Trinajstić information content (AvgIpc) is 2.37. The molecule has 0 spiro atoms. The summed E-state index contributed by atoms with van der Waals surface area (Å²) in [5.74, 6) is 0. The van der Waals surface area contributed by atoms with Crippen LogP contribution in [-0.4, -0.2) is 0 Å². The zero-order valence-corrected chi connectivity index (χ0v) is 13.8. The van der Waals surface area contributed by atoms with Crippen molar-refractivity contribution in [3.8, 4) is 0 Å². The number of aryl methyl sites for hydroxylation is 2. The molecule has 0 heterocycles. The van der Waals surface area contributed by atoms with E-state index in [4.69, 9.17) is 11.6 Å². The predicted octanol–water partition coefficient (Wildman–Crippen LogP) is 5.93. The van der Waals surface area contributed by atoms with Crippen molar-refractivity contribution in [3.05, 3.63) is 70.3 Å². The number of hydrogen-bond donors (Lipinski definition) is 0. The lowest BCUT2D eigenvalue weighted by atomic mass is 9.81. The first kappa shape index (κ1) is 15.1. The highest BCUT2D eigenvalue weighted by atomic mass is 35.5. The summed E-state index contributed by atoms with van der Waals surface area (Å²) in [7, 11) is 0. The molecule has 0 nitrogen and oxygen atoms in total. The van der Waals surface area contributed by atoms with Crippen molar-refractivity contribution in [2.24, 2.45) is 0 Å². The average molecular weight is 287 g/mol. The van der Waals surface area contributed by atoms with Crippen molar-refractivity contribution in [2.75, 3.05) is 0 Å². The highest BCUT2D eigenvalue weighted by Gasteiger charge is 2.23. The van der Waals surface area contributed by atoms with Gasteiger partial charge in [0.1, 0.15) is 0 Å². The molecule has 20 heavy (non-hydrogen) atoms. The Kier molecular flexibility index (Phi) is 4.25. The molecular weight excluding hydrogens is 264 g/mol. The van der Waals surface area contributed by atoms with E-state index in [9.17, 15) is 0 Å². The van der Waals surface area contributed by atoms with Crippen LogP contribution in [0.2, 0.25) is 0 Å². The molecular formula is C19H23Cl. The Hall–Kier alpha value is -1.27. The summed E-state index contributed by atoms with van der Waals surface area (Å²) in [4.78, 5) is 0. The van der Waals surface area contributed by atoms with E-state index >= 15 is 0 Å². The van der Waals surface area contributed by atoms with Gasteiger partial charge in [-0.2, -0.15) is 0 Å². The SMILES string of the molecule is Cc1ccc(C(Cl)c2ccccc2C(C)(C)C)c(C)c1. The maximum absolute atomic E-state index is 6.80. The molecule has 0 amide bonds. The molecule has 2 aromatic rings. The van der Waals surface area contributed by atoms with Gasteiger partial charge in [0, 0.05) is 0 Å². The fraction of sp³-hybridized carbons (Fsp3) is 0.368. The van der Waals surface area contributed by atoms with Crippen LogP contribution in [0.1, 0.15) is 54.0 Å². The van der Waals surface area contributed by atoms with Gasteiger partial charge in [0.15, 0.2) is 0 Å². The van der Waals surface area contributed by atoms with E-state index in [1.165, 1.54) is 27.8 Å². The Morgan fingerprint density at radius 2 is 1.55 bits per heavy atom. The van der Waals surface area contributed by atoms with E-state index in [0.29, 0.717) is 0 Å². The van der Waals surface area contributed by atoms with Gasteiger partial charge in [0.05, 0.1) is 5.38 Å². The Morgan fingerprint density at radius 3 is 2.15 bits per heavy atom. The molecule has 0 N–H and O–H groups in total. The number of alkyl halides is 1. The first-order chi connectivity index (χ1) is 9.30. The number of rotatable bonds is 2. The molecule has 0 fully saturated rings.